The molecule has 0 unspecified atom stereocenters. The first-order valence-electron chi connectivity index (χ1n) is 11.7. The van der Waals surface area contributed by atoms with Crippen LogP contribution in [0.3, 0.4) is 0 Å². The van der Waals surface area contributed by atoms with Crippen molar-refractivity contribution in [3.63, 3.8) is 0 Å². The van der Waals surface area contributed by atoms with Crippen LogP contribution in [0.1, 0.15) is 59.5 Å². The number of hydrogen-bond donors (Lipinski definition) is 0. The van der Waals surface area contributed by atoms with Crippen molar-refractivity contribution < 1.29 is 9.18 Å². The summed E-state index contributed by atoms with van der Waals surface area (Å²) >= 11 is 0. The van der Waals surface area contributed by atoms with Gasteiger partial charge in [-0.15, -0.1) is 0 Å². The van der Waals surface area contributed by atoms with Gasteiger partial charge in [-0.05, 0) is 50.5 Å². The molecule has 2 aliphatic rings. The summed E-state index contributed by atoms with van der Waals surface area (Å²) in [5.41, 5.74) is 4.41. The van der Waals surface area contributed by atoms with Gasteiger partial charge in [0.15, 0.2) is 5.69 Å². The molecule has 0 radical (unpaired) electrons. The van der Waals surface area contributed by atoms with Gasteiger partial charge in [0.25, 0.3) is 5.91 Å². The van der Waals surface area contributed by atoms with Crippen molar-refractivity contribution in [1.29, 1.82) is 0 Å². The summed E-state index contributed by atoms with van der Waals surface area (Å²) in [6.45, 7) is 8.88. The van der Waals surface area contributed by atoms with Gasteiger partial charge in [0, 0.05) is 55.1 Å². The van der Waals surface area contributed by atoms with E-state index < -0.39 is 0 Å². The van der Waals surface area contributed by atoms with Crippen molar-refractivity contribution in [2.75, 3.05) is 31.1 Å². The first-order chi connectivity index (χ1) is 15.9. The number of rotatable bonds is 4. The van der Waals surface area contributed by atoms with Crippen LogP contribution in [-0.2, 0) is 12.8 Å². The van der Waals surface area contributed by atoms with E-state index in [-0.39, 0.29) is 17.6 Å². The Bertz CT molecular complexity index is 1180. The molecule has 1 amide bonds. The van der Waals surface area contributed by atoms with Gasteiger partial charge in [-0.25, -0.2) is 19.0 Å². The maximum atomic E-state index is 13.4. The van der Waals surface area contributed by atoms with Gasteiger partial charge >= 0.3 is 0 Å². The lowest BCUT2D eigenvalue weighted by Gasteiger charge is -2.35. The molecule has 3 aromatic rings. The van der Waals surface area contributed by atoms with Crippen LogP contribution < -0.4 is 4.90 Å². The fourth-order valence-electron chi connectivity index (χ4n) is 4.69. The number of piperazine rings is 1. The topological polar surface area (TPSA) is 67.2 Å². The number of amides is 1. The molecule has 0 atom stereocenters. The van der Waals surface area contributed by atoms with Gasteiger partial charge < -0.3 is 9.80 Å². The van der Waals surface area contributed by atoms with Gasteiger partial charge in [0.05, 0.1) is 5.69 Å². The monoisotopic (exact) mass is 448 g/mol. The number of carbonyl (C=O) groups is 1. The Morgan fingerprint density at radius 2 is 1.76 bits per heavy atom. The average Bonchev–Trinajstić information content (AvgIpc) is 3.42. The maximum absolute atomic E-state index is 13.4. The number of nitrogens with zero attached hydrogens (tertiary/aromatic N) is 6. The van der Waals surface area contributed by atoms with E-state index in [9.17, 15) is 9.18 Å². The molecule has 1 saturated heterocycles. The van der Waals surface area contributed by atoms with Crippen LogP contribution in [0, 0.1) is 12.7 Å². The smallest absolute Gasteiger partial charge is 0.274 e. The van der Waals surface area contributed by atoms with Crippen LogP contribution in [0.25, 0.3) is 5.69 Å². The Balaban J connectivity index is 1.34. The Hall–Kier alpha value is -3.29. The zero-order valence-corrected chi connectivity index (χ0v) is 19.4. The van der Waals surface area contributed by atoms with E-state index in [1.54, 1.807) is 12.1 Å². The van der Waals surface area contributed by atoms with Crippen molar-refractivity contribution in [3.8, 4) is 5.69 Å². The predicted molar refractivity (Wildman–Crippen MR) is 125 cm³/mol. The molecular formula is C25H29FN6O. The van der Waals surface area contributed by atoms with Crippen LogP contribution >= 0.6 is 0 Å². The van der Waals surface area contributed by atoms with E-state index in [1.165, 1.54) is 12.1 Å². The highest BCUT2D eigenvalue weighted by Crippen LogP contribution is 2.29. The van der Waals surface area contributed by atoms with Crippen LogP contribution in [0.5, 0.6) is 0 Å². The third-order valence-corrected chi connectivity index (χ3v) is 6.47. The number of anilines is 1. The van der Waals surface area contributed by atoms with Gasteiger partial charge in [0.1, 0.15) is 17.5 Å². The number of benzene rings is 1. The molecule has 0 N–H and O–H groups in total. The fraction of sp³-hybridized carbons (Fsp3) is 0.440. The molecule has 0 spiro atoms. The van der Waals surface area contributed by atoms with Crippen LogP contribution in [0.15, 0.2) is 30.3 Å². The largest absolute Gasteiger partial charge is 0.353 e. The van der Waals surface area contributed by atoms with Crippen molar-refractivity contribution in [2.24, 2.45) is 0 Å². The molecule has 1 aromatic carbocycles. The van der Waals surface area contributed by atoms with Gasteiger partial charge in [0.2, 0.25) is 0 Å². The van der Waals surface area contributed by atoms with E-state index in [0.29, 0.717) is 18.8 Å². The van der Waals surface area contributed by atoms with Gasteiger partial charge in [-0.2, -0.15) is 5.10 Å². The molecule has 1 fully saturated rings. The number of aryl methyl sites for hydroxylation is 1. The van der Waals surface area contributed by atoms with Crippen molar-refractivity contribution in [2.45, 2.75) is 46.0 Å². The lowest BCUT2D eigenvalue weighted by Crippen LogP contribution is -2.49. The molecule has 3 heterocycles. The summed E-state index contributed by atoms with van der Waals surface area (Å²) in [5, 5.41) is 4.70. The summed E-state index contributed by atoms with van der Waals surface area (Å²) in [6, 6.07) is 8.30. The van der Waals surface area contributed by atoms with Crippen LogP contribution in [0.4, 0.5) is 10.2 Å². The second-order valence-corrected chi connectivity index (χ2v) is 9.18. The van der Waals surface area contributed by atoms with E-state index in [2.05, 4.69) is 23.7 Å². The Morgan fingerprint density at radius 1 is 1.03 bits per heavy atom. The van der Waals surface area contributed by atoms with E-state index in [0.717, 1.165) is 66.6 Å². The molecule has 1 aliphatic heterocycles. The summed E-state index contributed by atoms with van der Waals surface area (Å²) in [5.74, 6) is 1.75. The third-order valence-electron chi connectivity index (χ3n) is 6.47. The molecule has 33 heavy (non-hydrogen) atoms. The fourth-order valence-corrected chi connectivity index (χ4v) is 4.69. The second kappa shape index (κ2) is 8.57. The lowest BCUT2D eigenvalue weighted by atomic mass is 10.1. The molecular weight excluding hydrogens is 419 g/mol. The molecule has 0 bridgehead atoms. The Morgan fingerprint density at radius 3 is 2.45 bits per heavy atom. The first kappa shape index (κ1) is 21.6. The highest BCUT2D eigenvalue weighted by atomic mass is 19.1. The zero-order chi connectivity index (χ0) is 23.1. The Labute approximate surface area is 193 Å². The van der Waals surface area contributed by atoms with Crippen molar-refractivity contribution in [1.82, 2.24) is 24.6 Å². The molecule has 2 aromatic heterocycles. The summed E-state index contributed by atoms with van der Waals surface area (Å²) in [7, 11) is 0. The van der Waals surface area contributed by atoms with Crippen LogP contribution in [0.2, 0.25) is 0 Å². The molecule has 7 nitrogen and oxygen atoms in total. The third kappa shape index (κ3) is 4.10. The molecule has 1 aliphatic carbocycles. The minimum absolute atomic E-state index is 0.0181. The van der Waals surface area contributed by atoms with E-state index in [1.807, 2.05) is 22.6 Å². The normalized spacial score (nSPS) is 15.9. The van der Waals surface area contributed by atoms with Gasteiger partial charge in [-0.3, -0.25) is 4.79 Å². The lowest BCUT2D eigenvalue weighted by molar-refractivity contribution is 0.0739. The van der Waals surface area contributed by atoms with E-state index in [4.69, 9.17) is 10.1 Å². The number of carbonyl (C=O) groups excluding carboxylic acids is 1. The standard InChI is InChI=1S/C25H29FN6O/c1-16(2)24-27-17(3)15-22(28-24)30-11-13-31(14-12-30)25(33)23-20-5-4-6-21(20)32(29-23)19-9-7-18(26)8-10-19/h7-10,15-16H,4-6,11-14H2,1-3H3. The van der Waals surface area contributed by atoms with Crippen LogP contribution in [-0.4, -0.2) is 56.7 Å². The molecule has 5 rings (SSSR count). The number of hydrogen-bond acceptors (Lipinski definition) is 5. The molecule has 8 heteroatoms. The number of halogens is 1. The summed E-state index contributed by atoms with van der Waals surface area (Å²) in [4.78, 5) is 26.9. The molecule has 0 saturated carbocycles. The number of fused-ring (bicyclic) bond motifs is 1. The SMILES string of the molecule is Cc1cc(N2CCN(C(=O)c3nn(-c4ccc(F)cc4)c4c3CCC4)CC2)nc(C(C)C)n1. The highest BCUT2D eigenvalue weighted by Gasteiger charge is 2.31. The quantitative estimate of drug-likeness (QED) is 0.609. The molecule has 172 valence electrons. The van der Waals surface area contributed by atoms with Gasteiger partial charge in [-0.1, -0.05) is 13.8 Å². The Kier molecular flexibility index (Phi) is 5.60. The van der Waals surface area contributed by atoms with Crippen molar-refractivity contribution in [3.05, 3.63) is 64.6 Å². The second-order valence-electron chi connectivity index (χ2n) is 9.18. The highest BCUT2D eigenvalue weighted by molar-refractivity contribution is 5.94. The zero-order valence-electron chi connectivity index (χ0n) is 19.4. The average molecular weight is 449 g/mol. The first-order valence-corrected chi connectivity index (χ1v) is 11.7. The predicted octanol–water partition coefficient (Wildman–Crippen LogP) is 3.68. The van der Waals surface area contributed by atoms with Crippen molar-refractivity contribution >= 4 is 11.7 Å². The minimum atomic E-state index is -0.281. The summed E-state index contributed by atoms with van der Waals surface area (Å²) < 4.78 is 15.2. The maximum Gasteiger partial charge on any atom is 0.274 e. The minimum Gasteiger partial charge on any atom is -0.353 e. The number of aromatic nitrogens is 4. The summed E-state index contributed by atoms with van der Waals surface area (Å²) in [6.07, 6.45) is 2.75. The van der Waals surface area contributed by atoms with E-state index >= 15 is 0 Å².